The van der Waals surface area contributed by atoms with Crippen LogP contribution in [0.1, 0.15) is 23.3 Å². The number of aromatic nitrogens is 2. The van der Waals surface area contributed by atoms with Crippen LogP contribution in [0.25, 0.3) is 0 Å². The molecule has 0 radical (unpaired) electrons. The molecule has 2 heterocycles. The number of imidazole rings is 1. The molecule has 1 aromatic heterocycles. The molecule has 2 rings (SSSR count). The van der Waals surface area contributed by atoms with E-state index in [9.17, 15) is 4.79 Å². The largest absolute Gasteiger partial charge is 0.381 e. The Bertz CT molecular complexity index is 327. The van der Waals surface area contributed by atoms with E-state index >= 15 is 0 Å². The maximum absolute atomic E-state index is 12.0. The number of carbonyl (C=O) groups is 1. The molecule has 4 nitrogen and oxygen atoms in total. The van der Waals surface area contributed by atoms with Crippen LogP contribution in [-0.2, 0) is 11.8 Å². The molecule has 14 heavy (non-hydrogen) atoms. The minimum Gasteiger partial charge on any atom is -0.381 e. The Morgan fingerprint density at radius 2 is 2.29 bits per heavy atom. The predicted octanol–water partition coefficient (Wildman–Crippen LogP) is 1.03. The van der Waals surface area contributed by atoms with Gasteiger partial charge in [-0.1, -0.05) is 0 Å². The van der Waals surface area contributed by atoms with Crippen molar-refractivity contribution in [2.75, 3.05) is 13.2 Å². The lowest BCUT2D eigenvalue weighted by Crippen LogP contribution is -2.24. The molecule has 1 aliphatic heterocycles. The standard InChI is InChI=1S/C10H14N2O2/c1-12-7-11-6-9(12)10(13)8-2-4-14-5-3-8/h6-8H,2-5H2,1H3. The molecule has 0 aliphatic carbocycles. The second-order valence-electron chi connectivity index (χ2n) is 3.64. The van der Waals surface area contributed by atoms with Crippen molar-refractivity contribution >= 4 is 5.78 Å². The van der Waals surface area contributed by atoms with Crippen molar-refractivity contribution in [3.05, 3.63) is 18.2 Å². The Labute approximate surface area is 82.9 Å². The van der Waals surface area contributed by atoms with E-state index in [-0.39, 0.29) is 11.7 Å². The van der Waals surface area contributed by atoms with Gasteiger partial charge in [0.15, 0.2) is 5.78 Å². The molecule has 76 valence electrons. The van der Waals surface area contributed by atoms with Gasteiger partial charge in [0, 0.05) is 26.2 Å². The normalized spacial score (nSPS) is 18.4. The average molecular weight is 194 g/mol. The molecule has 0 aromatic carbocycles. The molecular formula is C10H14N2O2. The lowest BCUT2D eigenvalue weighted by Gasteiger charge is -2.20. The van der Waals surface area contributed by atoms with E-state index in [1.165, 1.54) is 0 Å². The molecule has 0 saturated carbocycles. The summed E-state index contributed by atoms with van der Waals surface area (Å²) in [6.45, 7) is 1.41. The van der Waals surface area contributed by atoms with Gasteiger partial charge in [0.1, 0.15) is 5.69 Å². The van der Waals surface area contributed by atoms with Gasteiger partial charge in [0.05, 0.1) is 12.5 Å². The van der Waals surface area contributed by atoms with Gasteiger partial charge in [-0.15, -0.1) is 0 Å². The molecule has 0 bridgehead atoms. The van der Waals surface area contributed by atoms with Gasteiger partial charge in [0.25, 0.3) is 0 Å². The van der Waals surface area contributed by atoms with Gasteiger partial charge < -0.3 is 9.30 Å². The van der Waals surface area contributed by atoms with Crippen LogP contribution < -0.4 is 0 Å². The number of nitrogens with zero attached hydrogens (tertiary/aromatic N) is 2. The topological polar surface area (TPSA) is 44.1 Å². The summed E-state index contributed by atoms with van der Waals surface area (Å²) in [5.74, 6) is 0.326. The molecule has 1 aliphatic rings. The second-order valence-corrected chi connectivity index (χ2v) is 3.64. The average Bonchev–Trinajstić information content (AvgIpc) is 2.65. The van der Waals surface area contributed by atoms with Crippen molar-refractivity contribution in [1.29, 1.82) is 0 Å². The first-order valence-electron chi connectivity index (χ1n) is 4.87. The Hall–Kier alpha value is -1.16. The van der Waals surface area contributed by atoms with E-state index in [1.807, 2.05) is 7.05 Å². The molecule has 0 N–H and O–H groups in total. The van der Waals surface area contributed by atoms with Crippen LogP contribution in [0, 0.1) is 5.92 Å². The maximum Gasteiger partial charge on any atom is 0.184 e. The number of carbonyl (C=O) groups excluding carboxylic acids is 1. The number of hydrogen-bond acceptors (Lipinski definition) is 3. The van der Waals surface area contributed by atoms with Crippen molar-refractivity contribution in [2.24, 2.45) is 13.0 Å². The highest BCUT2D eigenvalue weighted by atomic mass is 16.5. The van der Waals surface area contributed by atoms with Crippen LogP contribution in [0.5, 0.6) is 0 Å². The summed E-state index contributed by atoms with van der Waals surface area (Å²) in [4.78, 5) is 15.9. The summed E-state index contributed by atoms with van der Waals surface area (Å²) < 4.78 is 7.00. The molecule has 0 spiro atoms. The molecular weight excluding hydrogens is 180 g/mol. The molecule has 1 saturated heterocycles. The predicted molar refractivity (Wildman–Crippen MR) is 51.1 cm³/mol. The smallest absolute Gasteiger partial charge is 0.184 e. The highest BCUT2D eigenvalue weighted by Gasteiger charge is 2.24. The molecule has 0 atom stereocenters. The van der Waals surface area contributed by atoms with Gasteiger partial charge in [-0.05, 0) is 12.8 Å². The van der Waals surface area contributed by atoms with E-state index in [0.29, 0.717) is 18.9 Å². The minimum absolute atomic E-state index is 0.124. The summed E-state index contributed by atoms with van der Waals surface area (Å²) in [5, 5.41) is 0. The van der Waals surface area contributed by atoms with Crippen LogP contribution in [0.2, 0.25) is 0 Å². The van der Waals surface area contributed by atoms with E-state index in [4.69, 9.17) is 4.74 Å². The van der Waals surface area contributed by atoms with Crippen molar-refractivity contribution in [3.63, 3.8) is 0 Å². The third-order valence-corrected chi connectivity index (χ3v) is 2.66. The van der Waals surface area contributed by atoms with Gasteiger partial charge in [-0.3, -0.25) is 4.79 Å². The first-order chi connectivity index (χ1) is 6.79. The van der Waals surface area contributed by atoms with Gasteiger partial charge in [-0.25, -0.2) is 4.98 Å². The molecule has 0 amide bonds. The monoisotopic (exact) mass is 194 g/mol. The Morgan fingerprint density at radius 3 is 2.86 bits per heavy atom. The lowest BCUT2D eigenvalue weighted by atomic mass is 9.94. The fraction of sp³-hybridized carbons (Fsp3) is 0.600. The molecule has 0 unspecified atom stereocenters. The minimum atomic E-state index is 0.124. The Morgan fingerprint density at radius 1 is 1.57 bits per heavy atom. The van der Waals surface area contributed by atoms with Gasteiger partial charge in [-0.2, -0.15) is 0 Å². The quantitative estimate of drug-likeness (QED) is 0.660. The fourth-order valence-corrected chi connectivity index (χ4v) is 1.76. The highest BCUT2D eigenvalue weighted by molar-refractivity contribution is 5.96. The van der Waals surface area contributed by atoms with E-state index < -0.39 is 0 Å². The third-order valence-electron chi connectivity index (χ3n) is 2.66. The number of Topliss-reactive ketones (excluding diaryl/α,β-unsaturated/α-hetero) is 1. The SMILES string of the molecule is Cn1cncc1C(=O)C1CCOCC1. The summed E-state index contributed by atoms with van der Waals surface area (Å²) in [7, 11) is 1.85. The zero-order valence-electron chi connectivity index (χ0n) is 8.27. The van der Waals surface area contributed by atoms with E-state index in [1.54, 1.807) is 17.1 Å². The zero-order valence-corrected chi connectivity index (χ0v) is 8.27. The summed E-state index contributed by atoms with van der Waals surface area (Å²) >= 11 is 0. The Balaban J connectivity index is 2.11. The number of hydrogen-bond donors (Lipinski definition) is 0. The zero-order chi connectivity index (χ0) is 9.97. The first kappa shape index (κ1) is 9.40. The number of aryl methyl sites for hydroxylation is 1. The second kappa shape index (κ2) is 3.92. The Kier molecular flexibility index (Phi) is 2.63. The van der Waals surface area contributed by atoms with Crippen molar-refractivity contribution in [1.82, 2.24) is 9.55 Å². The van der Waals surface area contributed by atoms with Gasteiger partial charge in [0.2, 0.25) is 0 Å². The maximum atomic E-state index is 12.0. The van der Waals surface area contributed by atoms with E-state index in [0.717, 1.165) is 12.8 Å². The van der Waals surface area contributed by atoms with Crippen molar-refractivity contribution in [2.45, 2.75) is 12.8 Å². The number of ether oxygens (including phenoxy) is 1. The molecule has 1 fully saturated rings. The van der Waals surface area contributed by atoms with Gasteiger partial charge >= 0.3 is 0 Å². The van der Waals surface area contributed by atoms with Crippen LogP contribution in [0.3, 0.4) is 0 Å². The van der Waals surface area contributed by atoms with Crippen LogP contribution >= 0.6 is 0 Å². The summed E-state index contributed by atoms with van der Waals surface area (Å²) in [5.41, 5.74) is 0.705. The fourth-order valence-electron chi connectivity index (χ4n) is 1.76. The van der Waals surface area contributed by atoms with Crippen LogP contribution in [0.15, 0.2) is 12.5 Å². The van der Waals surface area contributed by atoms with Crippen LogP contribution in [0.4, 0.5) is 0 Å². The first-order valence-corrected chi connectivity index (χ1v) is 4.87. The summed E-state index contributed by atoms with van der Waals surface area (Å²) in [6.07, 6.45) is 4.97. The third kappa shape index (κ3) is 1.70. The van der Waals surface area contributed by atoms with Crippen LogP contribution in [-0.4, -0.2) is 28.5 Å². The lowest BCUT2D eigenvalue weighted by molar-refractivity contribution is 0.0539. The molecule has 4 heteroatoms. The number of ketones is 1. The number of rotatable bonds is 2. The van der Waals surface area contributed by atoms with E-state index in [2.05, 4.69) is 4.98 Å². The molecule has 1 aromatic rings. The summed E-state index contributed by atoms with van der Waals surface area (Å²) in [6, 6.07) is 0. The van der Waals surface area contributed by atoms with Crippen molar-refractivity contribution < 1.29 is 9.53 Å². The van der Waals surface area contributed by atoms with Crippen molar-refractivity contribution in [3.8, 4) is 0 Å². The highest BCUT2D eigenvalue weighted by Crippen LogP contribution is 2.19.